The van der Waals surface area contributed by atoms with E-state index in [0.717, 1.165) is 38.5 Å². The van der Waals surface area contributed by atoms with Crippen molar-refractivity contribution in [2.45, 2.75) is 82.2 Å². The maximum absolute atomic E-state index is 12.0. The van der Waals surface area contributed by atoms with Crippen molar-refractivity contribution in [1.82, 2.24) is 16.0 Å². The molecule has 6 heteroatoms. The molecule has 2 fully saturated rings. The molecule has 0 saturated heterocycles. The van der Waals surface area contributed by atoms with Crippen molar-refractivity contribution in [3.8, 4) is 0 Å². The van der Waals surface area contributed by atoms with E-state index in [1.54, 1.807) is 0 Å². The summed E-state index contributed by atoms with van der Waals surface area (Å²) in [6, 6.07) is 0.213. The second-order valence-corrected chi connectivity index (χ2v) is 7.08. The Bertz CT molecular complexity index is 388. The van der Waals surface area contributed by atoms with Gasteiger partial charge >= 0.3 is 6.03 Å². The summed E-state index contributed by atoms with van der Waals surface area (Å²) in [5.41, 5.74) is 5.64. The van der Waals surface area contributed by atoms with Gasteiger partial charge in [0, 0.05) is 25.6 Å². The highest BCUT2D eigenvalue weighted by Gasteiger charge is 2.33. The standard InChI is InChI=1S/C17H32N4O2/c18-13-17(10-4-5-11-17)21-15(22)9-6-12-19-16(23)20-14-7-2-1-3-8-14/h14H,1-13,18H2,(H,21,22)(H2,19,20,23). The molecule has 0 aromatic rings. The van der Waals surface area contributed by atoms with Crippen LogP contribution in [-0.2, 0) is 4.79 Å². The van der Waals surface area contributed by atoms with Gasteiger partial charge in [-0.3, -0.25) is 4.79 Å². The minimum absolute atomic E-state index is 0.0480. The smallest absolute Gasteiger partial charge is 0.315 e. The molecular weight excluding hydrogens is 292 g/mol. The molecule has 0 aromatic heterocycles. The van der Waals surface area contributed by atoms with Gasteiger partial charge < -0.3 is 21.7 Å². The predicted molar refractivity (Wildman–Crippen MR) is 91.0 cm³/mol. The third-order valence-corrected chi connectivity index (χ3v) is 5.16. The Hall–Kier alpha value is -1.30. The van der Waals surface area contributed by atoms with Gasteiger partial charge in [-0.1, -0.05) is 32.1 Å². The summed E-state index contributed by atoms with van der Waals surface area (Å²) in [6.07, 6.45) is 11.2. The lowest BCUT2D eigenvalue weighted by atomic mass is 9.96. The Labute approximate surface area is 139 Å². The maximum Gasteiger partial charge on any atom is 0.315 e. The number of rotatable bonds is 7. The molecule has 0 heterocycles. The zero-order valence-corrected chi connectivity index (χ0v) is 14.2. The van der Waals surface area contributed by atoms with E-state index in [2.05, 4.69) is 16.0 Å². The first-order valence-electron chi connectivity index (χ1n) is 9.19. The first kappa shape index (κ1) is 18.0. The minimum Gasteiger partial charge on any atom is -0.349 e. The number of carbonyl (C=O) groups is 2. The molecule has 3 amide bonds. The highest BCUT2D eigenvalue weighted by atomic mass is 16.2. The van der Waals surface area contributed by atoms with E-state index in [1.165, 1.54) is 19.3 Å². The molecule has 0 spiro atoms. The van der Waals surface area contributed by atoms with Crippen LogP contribution in [0.25, 0.3) is 0 Å². The summed E-state index contributed by atoms with van der Waals surface area (Å²) in [4.78, 5) is 23.8. The van der Waals surface area contributed by atoms with Crippen LogP contribution in [0.3, 0.4) is 0 Å². The normalized spacial score (nSPS) is 20.9. The number of hydrogen-bond acceptors (Lipinski definition) is 3. The molecule has 0 radical (unpaired) electrons. The zero-order valence-electron chi connectivity index (χ0n) is 14.2. The Morgan fingerprint density at radius 2 is 1.74 bits per heavy atom. The van der Waals surface area contributed by atoms with Gasteiger partial charge in [0.25, 0.3) is 0 Å². The second-order valence-electron chi connectivity index (χ2n) is 7.08. The van der Waals surface area contributed by atoms with Crippen molar-refractivity contribution < 1.29 is 9.59 Å². The number of amides is 3. The van der Waals surface area contributed by atoms with Crippen LogP contribution in [0.15, 0.2) is 0 Å². The van der Waals surface area contributed by atoms with Crippen molar-refractivity contribution in [2.24, 2.45) is 5.73 Å². The number of hydrogen-bond donors (Lipinski definition) is 4. The zero-order chi connectivity index (χ0) is 16.5. The number of urea groups is 1. The van der Waals surface area contributed by atoms with Gasteiger partial charge in [0.15, 0.2) is 0 Å². The first-order chi connectivity index (χ1) is 11.1. The van der Waals surface area contributed by atoms with E-state index in [4.69, 9.17) is 5.73 Å². The summed E-state index contributed by atoms with van der Waals surface area (Å²) >= 11 is 0. The molecule has 23 heavy (non-hydrogen) atoms. The van der Waals surface area contributed by atoms with Crippen LogP contribution >= 0.6 is 0 Å². The van der Waals surface area contributed by atoms with Crippen LogP contribution in [0.2, 0.25) is 0 Å². The molecule has 6 nitrogen and oxygen atoms in total. The summed E-state index contributed by atoms with van der Waals surface area (Å²) in [7, 11) is 0. The lowest BCUT2D eigenvalue weighted by Gasteiger charge is -2.28. The lowest BCUT2D eigenvalue weighted by Crippen LogP contribution is -2.51. The lowest BCUT2D eigenvalue weighted by molar-refractivity contribution is -0.123. The molecule has 5 N–H and O–H groups in total. The van der Waals surface area contributed by atoms with Crippen molar-refractivity contribution in [2.75, 3.05) is 13.1 Å². The Morgan fingerprint density at radius 3 is 2.39 bits per heavy atom. The van der Waals surface area contributed by atoms with E-state index >= 15 is 0 Å². The molecule has 2 aliphatic rings. The molecule has 132 valence electrons. The van der Waals surface area contributed by atoms with Crippen LogP contribution in [0, 0.1) is 0 Å². The summed E-state index contributed by atoms with van der Waals surface area (Å²) in [5.74, 6) is 0.0480. The minimum atomic E-state index is -0.178. The molecule has 2 rings (SSSR count). The third kappa shape index (κ3) is 6.01. The Balaban J connectivity index is 1.55. The molecule has 0 atom stereocenters. The van der Waals surface area contributed by atoms with Crippen LogP contribution < -0.4 is 21.7 Å². The van der Waals surface area contributed by atoms with Crippen molar-refractivity contribution in [1.29, 1.82) is 0 Å². The summed E-state index contributed by atoms with van der Waals surface area (Å²) in [6.45, 7) is 1.04. The number of carbonyl (C=O) groups excluding carboxylic acids is 2. The van der Waals surface area contributed by atoms with Gasteiger partial charge in [-0.15, -0.1) is 0 Å². The second kappa shape index (κ2) is 9.11. The topological polar surface area (TPSA) is 96.2 Å². The number of nitrogens with one attached hydrogen (secondary N) is 3. The fourth-order valence-corrected chi connectivity index (χ4v) is 3.72. The van der Waals surface area contributed by atoms with Gasteiger partial charge in [0.05, 0.1) is 5.54 Å². The quantitative estimate of drug-likeness (QED) is 0.538. The SMILES string of the molecule is NCC1(NC(=O)CCCNC(=O)NC2CCCCC2)CCCC1. The highest BCUT2D eigenvalue weighted by Crippen LogP contribution is 2.28. The largest absolute Gasteiger partial charge is 0.349 e. The van der Waals surface area contributed by atoms with Crippen LogP contribution in [-0.4, -0.2) is 36.6 Å². The molecule has 0 aliphatic heterocycles. The molecule has 0 bridgehead atoms. The van der Waals surface area contributed by atoms with E-state index in [1.807, 2.05) is 0 Å². The van der Waals surface area contributed by atoms with E-state index in [0.29, 0.717) is 32.0 Å². The average molecular weight is 324 g/mol. The summed E-state index contributed by atoms with van der Waals surface area (Å²) in [5, 5.41) is 8.97. The van der Waals surface area contributed by atoms with Gasteiger partial charge in [-0.05, 0) is 32.1 Å². The monoisotopic (exact) mass is 324 g/mol. The third-order valence-electron chi connectivity index (χ3n) is 5.16. The van der Waals surface area contributed by atoms with Gasteiger partial charge in [-0.25, -0.2) is 4.79 Å². The molecule has 0 unspecified atom stereocenters. The van der Waals surface area contributed by atoms with Gasteiger partial charge in [0.2, 0.25) is 5.91 Å². The maximum atomic E-state index is 12.0. The van der Waals surface area contributed by atoms with E-state index < -0.39 is 0 Å². The van der Waals surface area contributed by atoms with Gasteiger partial charge in [-0.2, -0.15) is 0 Å². The van der Waals surface area contributed by atoms with Crippen molar-refractivity contribution in [3.05, 3.63) is 0 Å². The fourth-order valence-electron chi connectivity index (χ4n) is 3.72. The Morgan fingerprint density at radius 1 is 1.04 bits per heavy atom. The molecule has 0 aromatic carbocycles. The average Bonchev–Trinajstić information content (AvgIpc) is 3.01. The molecular formula is C17H32N4O2. The first-order valence-corrected chi connectivity index (χ1v) is 9.19. The van der Waals surface area contributed by atoms with E-state index in [9.17, 15) is 9.59 Å². The van der Waals surface area contributed by atoms with Crippen molar-refractivity contribution in [3.63, 3.8) is 0 Å². The highest BCUT2D eigenvalue weighted by molar-refractivity contribution is 5.77. The number of nitrogens with two attached hydrogens (primary N) is 1. The fraction of sp³-hybridized carbons (Fsp3) is 0.882. The van der Waals surface area contributed by atoms with Crippen molar-refractivity contribution >= 4 is 11.9 Å². The van der Waals surface area contributed by atoms with E-state index in [-0.39, 0.29) is 17.5 Å². The predicted octanol–water partition coefficient (Wildman–Crippen LogP) is 1.79. The van der Waals surface area contributed by atoms with Crippen LogP contribution in [0.1, 0.15) is 70.6 Å². The Kier molecular flexibility index (Phi) is 7.15. The van der Waals surface area contributed by atoms with Gasteiger partial charge in [0.1, 0.15) is 0 Å². The molecule has 2 aliphatic carbocycles. The van der Waals surface area contributed by atoms with Crippen LogP contribution in [0.5, 0.6) is 0 Å². The summed E-state index contributed by atoms with van der Waals surface area (Å²) < 4.78 is 0. The molecule has 2 saturated carbocycles. The van der Waals surface area contributed by atoms with Crippen LogP contribution in [0.4, 0.5) is 4.79 Å².